The molecule has 0 aromatic carbocycles. The molecule has 6 radical (unpaired) electrons. The van der Waals surface area contributed by atoms with Gasteiger partial charge < -0.3 is 14.0 Å². The van der Waals surface area contributed by atoms with Crippen LogP contribution >= 0.6 is 0 Å². The molecule has 156 valence electrons. The van der Waals surface area contributed by atoms with Crippen LogP contribution in [0.1, 0.15) is 24.4 Å². The highest BCUT2D eigenvalue weighted by atomic mass is 16.5. The van der Waals surface area contributed by atoms with Crippen molar-refractivity contribution in [1.29, 1.82) is 0 Å². The molecule has 32 heavy (non-hydrogen) atoms. The Morgan fingerprint density at radius 1 is 1.12 bits per heavy atom. The molecule has 1 aliphatic carbocycles. The van der Waals surface area contributed by atoms with Gasteiger partial charge in [0.25, 0.3) is 0 Å². The Hall–Kier alpha value is -3.03. The van der Waals surface area contributed by atoms with Crippen molar-refractivity contribution in [3.05, 3.63) is 64.7 Å². The molecule has 0 bridgehead atoms. The van der Waals surface area contributed by atoms with Gasteiger partial charge in [0.1, 0.15) is 11.6 Å². The fourth-order valence-corrected chi connectivity index (χ4v) is 3.88. The number of methoxy groups -OCH3 is 1. The molecule has 3 aromatic rings. The van der Waals surface area contributed by atoms with Gasteiger partial charge in [-0.1, -0.05) is 12.2 Å². The predicted molar refractivity (Wildman–Crippen MR) is 123 cm³/mol. The first-order chi connectivity index (χ1) is 15.2. The minimum Gasteiger partial charge on any atom is -0.495 e. The lowest BCUT2D eigenvalue weighted by molar-refractivity contribution is 0.280. The monoisotopic (exact) mass is 422 g/mol. The van der Waals surface area contributed by atoms with Crippen LogP contribution in [0.4, 0.5) is 0 Å². The summed E-state index contributed by atoms with van der Waals surface area (Å²) in [5, 5.41) is -1.83. The highest BCUT2D eigenvalue weighted by Crippen LogP contribution is 2.53. The Bertz CT molecular complexity index is 1180. The van der Waals surface area contributed by atoms with E-state index in [9.17, 15) is 4.79 Å². The summed E-state index contributed by atoms with van der Waals surface area (Å²) >= 11 is 0. The van der Waals surface area contributed by atoms with Crippen LogP contribution in [0, 0.1) is 18.8 Å². The Balaban J connectivity index is 1.56. The predicted octanol–water partition coefficient (Wildman–Crippen LogP) is 1.52. The third-order valence-corrected chi connectivity index (χ3v) is 5.82. The minimum atomic E-state index is -1.83. The molecule has 4 rings (SSSR count). The van der Waals surface area contributed by atoms with Crippen molar-refractivity contribution in [2.75, 3.05) is 13.7 Å². The van der Waals surface area contributed by atoms with E-state index in [0.29, 0.717) is 47.2 Å². The summed E-state index contributed by atoms with van der Waals surface area (Å²) in [6, 6.07) is 6.88. The second-order valence-corrected chi connectivity index (χ2v) is 8.13. The van der Waals surface area contributed by atoms with Crippen LogP contribution < -0.4 is 15.0 Å². The van der Waals surface area contributed by atoms with Gasteiger partial charge in [-0.05, 0) is 31.0 Å². The van der Waals surface area contributed by atoms with E-state index in [-0.39, 0.29) is 0 Å². The molecule has 0 N–H and O–H groups in total. The summed E-state index contributed by atoms with van der Waals surface area (Å²) in [7, 11) is 18.8. The fraction of sp³-hybridized carbons (Fsp3) is 0.364. The molecule has 3 unspecified atom stereocenters. The summed E-state index contributed by atoms with van der Waals surface area (Å²) in [5.41, 5.74) is 1.82. The number of hydrogen-bond donors (Lipinski definition) is 0. The van der Waals surface area contributed by atoms with Gasteiger partial charge in [0.2, 0.25) is 11.4 Å². The van der Waals surface area contributed by atoms with E-state index in [4.69, 9.17) is 33.0 Å². The summed E-state index contributed by atoms with van der Waals surface area (Å²) in [6.45, 7) is 4.43. The van der Waals surface area contributed by atoms with Crippen LogP contribution in [-0.4, -0.2) is 56.8 Å². The molecule has 3 aromatic heterocycles. The van der Waals surface area contributed by atoms with Crippen molar-refractivity contribution in [2.24, 2.45) is 11.8 Å². The van der Waals surface area contributed by atoms with Crippen molar-refractivity contribution >= 4 is 23.5 Å². The number of ether oxygens (including phenoxy) is 2. The lowest BCUT2D eigenvalue weighted by Crippen LogP contribution is -2.42. The maximum Gasteiger partial charge on any atom is 0.248 e. The van der Waals surface area contributed by atoms with Crippen LogP contribution in [0.2, 0.25) is 0 Å². The van der Waals surface area contributed by atoms with Crippen LogP contribution in [-0.2, 0) is 5.24 Å². The van der Waals surface area contributed by atoms with Gasteiger partial charge in [0.15, 0.2) is 0 Å². The third kappa shape index (κ3) is 4.45. The number of hydrogen-bond acceptors (Lipinski definition) is 6. The summed E-state index contributed by atoms with van der Waals surface area (Å²) < 4.78 is 12.4. The Morgan fingerprint density at radius 3 is 2.56 bits per heavy atom. The smallest absolute Gasteiger partial charge is 0.248 e. The van der Waals surface area contributed by atoms with Gasteiger partial charge in [-0.15, -0.1) is 0 Å². The van der Waals surface area contributed by atoms with E-state index < -0.39 is 10.8 Å². The number of rotatable bonds is 7. The SMILES string of the molecule is [B]C([B])([B])n1cc(-c2cnc(C)nc2OCC2C(C)C2c2ccc(OC)cn2)ccc1=O. The second kappa shape index (κ2) is 8.49. The quantitative estimate of drug-likeness (QED) is 0.538. The van der Waals surface area contributed by atoms with Crippen molar-refractivity contribution < 1.29 is 9.47 Å². The highest BCUT2D eigenvalue weighted by molar-refractivity contribution is 6.56. The van der Waals surface area contributed by atoms with Gasteiger partial charge in [-0.25, -0.2) is 4.98 Å². The van der Waals surface area contributed by atoms with Crippen molar-refractivity contribution in [1.82, 2.24) is 19.5 Å². The number of nitrogens with zero attached hydrogens (tertiary/aromatic N) is 4. The number of pyridine rings is 2. The largest absolute Gasteiger partial charge is 0.495 e. The van der Waals surface area contributed by atoms with E-state index in [1.54, 1.807) is 32.5 Å². The molecule has 3 atom stereocenters. The van der Waals surface area contributed by atoms with Crippen LogP contribution in [0.3, 0.4) is 0 Å². The second-order valence-electron chi connectivity index (χ2n) is 8.13. The maximum atomic E-state index is 12.1. The molecular formula is C22H21B3N4O3. The van der Waals surface area contributed by atoms with E-state index in [1.807, 2.05) is 12.1 Å². The first-order valence-electron chi connectivity index (χ1n) is 10.3. The Morgan fingerprint density at radius 2 is 1.91 bits per heavy atom. The zero-order valence-corrected chi connectivity index (χ0v) is 18.2. The average Bonchev–Trinajstić information content (AvgIpc) is 3.41. The molecule has 3 heterocycles. The van der Waals surface area contributed by atoms with Gasteiger partial charge in [0, 0.05) is 41.6 Å². The maximum absolute atomic E-state index is 12.1. The lowest BCUT2D eigenvalue weighted by atomic mass is 9.49. The molecule has 10 heteroatoms. The first kappa shape index (κ1) is 22.2. The molecular weight excluding hydrogens is 401 g/mol. The van der Waals surface area contributed by atoms with Crippen LogP contribution in [0.15, 0.2) is 47.7 Å². The average molecular weight is 422 g/mol. The molecule has 1 aliphatic rings. The molecule has 7 nitrogen and oxygen atoms in total. The van der Waals surface area contributed by atoms with Crippen molar-refractivity contribution in [2.45, 2.75) is 25.0 Å². The van der Waals surface area contributed by atoms with Crippen LogP contribution in [0.5, 0.6) is 11.6 Å². The molecule has 0 spiro atoms. The van der Waals surface area contributed by atoms with Gasteiger partial charge >= 0.3 is 0 Å². The summed E-state index contributed by atoms with van der Waals surface area (Å²) in [5.74, 6) is 2.75. The standard InChI is InChI=1S/C22H21B3N4O3/c1-12-17(20(12)18-6-5-15(31-3)8-27-18)11-32-21-16(9-26-13(2)28-21)14-4-7-19(30)29(10-14)22(23,24)25/h4-10,12,17,20H,11H2,1-3H3. The van der Waals surface area contributed by atoms with Gasteiger partial charge in [0.05, 0.1) is 49.0 Å². The van der Waals surface area contributed by atoms with Crippen molar-refractivity contribution in [3.8, 4) is 22.8 Å². The normalized spacial score (nSPS) is 20.0. The lowest BCUT2D eigenvalue weighted by Gasteiger charge is -2.24. The zero-order valence-electron chi connectivity index (χ0n) is 18.2. The van der Waals surface area contributed by atoms with Crippen LogP contribution in [0.25, 0.3) is 11.1 Å². The molecule has 1 fully saturated rings. The van der Waals surface area contributed by atoms with E-state index in [1.165, 1.54) is 12.3 Å². The Kier molecular flexibility index (Phi) is 5.88. The molecule has 0 aliphatic heterocycles. The first-order valence-corrected chi connectivity index (χ1v) is 10.3. The molecule has 1 saturated carbocycles. The summed E-state index contributed by atoms with van der Waals surface area (Å²) in [6.07, 6.45) is 4.85. The molecule has 0 saturated heterocycles. The van der Waals surface area contributed by atoms with E-state index in [0.717, 1.165) is 16.0 Å². The number of aromatic nitrogens is 4. The van der Waals surface area contributed by atoms with E-state index >= 15 is 0 Å². The Labute approximate surface area is 190 Å². The molecule has 0 amide bonds. The number of aryl methyl sites for hydroxylation is 1. The zero-order chi connectivity index (χ0) is 23.0. The fourth-order valence-electron chi connectivity index (χ4n) is 3.88. The van der Waals surface area contributed by atoms with Crippen molar-refractivity contribution in [3.63, 3.8) is 0 Å². The van der Waals surface area contributed by atoms with E-state index in [2.05, 4.69) is 21.9 Å². The summed E-state index contributed by atoms with van der Waals surface area (Å²) in [4.78, 5) is 25.4. The highest BCUT2D eigenvalue weighted by Gasteiger charge is 2.49. The van der Waals surface area contributed by atoms with Gasteiger partial charge in [-0.2, -0.15) is 4.98 Å². The van der Waals surface area contributed by atoms with Gasteiger partial charge in [-0.3, -0.25) is 9.78 Å². The minimum absolute atomic E-state index is 0.303. The topological polar surface area (TPSA) is 79.1 Å². The third-order valence-electron chi connectivity index (χ3n) is 5.82.